The topological polar surface area (TPSA) is 59.1 Å². The molecule has 0 N–H and O–H groups in total. The van der Waals surface area contributed by atoms with Gasteiger partial charge in [0.15, 0.2) is 0 Å². The molecular weight excluding hydrogens is 340 g/mol. The fourth-order valence-electron chi connectivity index (χ4n) is 3.33. The Labute approximate surface area is 132 Å². The van der Waals surface area contributed by atoms with Crippen molar-refractivity contribution in [2.24, 2.45) is 0 Å². The highest BCUT2D eigenvalue weighted by Crippen LogP contribution is 2.52. The van der Waals surface area contributed by atoms with Crippen molar-refractivity contribution in [1.29, 1.82) is 0 Å². The van der Waals surface area contributed by atoms with E-state index in [1.54, 1.807) is 9.80 Å². The first kappa shape index (κ1) is 14.7. The lowest BCUT2D eigenvalue weighted by molar-refractivity contribution is 0.0454. The lowest BCUT2D eigenvalue weighted by atomic mass is 9.81. The van der Waals surface area contributed by atoms with Gasteiger partial charge in [0.05, 0.1) is 5.70 Å². The van der Waals surface area contributed by atoms with Crippen LogP contribution >= 0.6 is 15.9 Å². The summed E-state index contributed by atoms with van der Waals surface area (Å²) >= 11 is 3.65. The van der Waals surface area contributed by atoms with E-state index < -0.39 is 16.7 Å². The van der Waals surface area contributed by atoms with E-state index in [4.69, 9.17) is 9.47 Å². The van der Waals surface area contributed by atoms with Crippen LogP contribution in [0.4, 0.5) is 9.59 Å². The second-order valence-corrected chi connectivity index (χ2v) is 7.59. The molecule has 3 aliphatic rings. The van der Waals surface area contributed by atoms with Crippen molar-refractivity contribution in [2.45, 2.75) is 51.4 Å². The lowest BCUT2D eigenvalue weighted by Gasteiger charge is -2.40. The fraction of sp³-hybridized carbons (Fsp3) is 0.714. The number of carbonyl (C=O) groups is 2. The maximum Gasteiger partial charge on any atom is 0.415 e. The molecule has 3 rings (SSSR count). The Morgan fingerprint density at radius 3 is 2.24 bits per heavy atom. The highest BCUT2D eigenvalue weighted by Gasteiger charge is 2.63. The van der Waals surface area contributed by atoms with Crippen molar-refractivity contribution in [2.75, 3.05) is 13.1 Å². The molecule has 116 valence electrons. The van der Waals surface area contributed by atoms with E-state index in [1.165, 1.54) is 0 Å². The molecule has 0 radical (unpaired) electrons. The van der Waals surface area contributed by atoms with Crippen LogP contribution in [0.15, 0.2) is 10.2 Å². The molecule has 2 amide bonds. The van der Waals surface area contributed by atoms with E-state index in [-0.39, 0.29) is 12.2 Å². The van der Waals surface area contributed by atoms with Gasteiger partial charge in [-0.3, -0.25) is 9.80 Å². The number of halogens is 1. The summed E-state index contributed by atoms with van der Waals surface area (Å²) < 4.78 is 11.8. The molecular formula is C14H19BrN2O4. The van der Waals surface area contributed by atoms with Crippen LogP contribution in [0, 0.1) is 0 Å². The predicted molar refractivity (Wildman–Crippen MR) is 78.9 cm³/mol. The van der Waals surface area contributed by atoms with Gasteiger partial charge in [-0.2, -0.15) is 0 Å². The maximum atomic E-state index is 12.2. The normalized spacial score (nSPS) is 33.4. The minimum Gasteiger partial charge on any atom is -0.440 e. The SMILES string of the molecule is CC1(C)OC(=O)N2CCN3C(=O)OC(C)(C)[C@]3(C)C(Br)=C21. The van der Waals surface area contributed by atoms with Gasteiger partial charge in [0.1, 0.15) is 16.7 Å². The van der Waals surface area contributed by atoms with Gasteiger partial charge in [-0.25, -0.2) is 9.59 Å². The molecule has 0 aliphatic carbocycles. The quantitative estimate of drug-likeness (QED) is 0.667. The summed E-state index contributed by atoms with van der Waals surface area (Å²) in [4.78, 5) is 27.6. The number of cyclic esters (lactones) is 2. The summed E-state index contributed by atoms with van der Waals surface area (Å²) in [6.45, 7) is 10.2. The summed E-state index contributed by atoms with van der Waals surface area (Å²) in [5, 5.41) is 0. The van der Waals surface area contributed by atoms with E-state index in [0.29, 0.717) is 13.1 Å². The van der Waals surface area contributed by atoms with Gasteiger partial charge >= 0.3 is 12.2 Å². The van der Waals surface area contributed by atoms with Gasteiger partial charge in [-0.15, -0.1) is 0 Å². The van der Waals surface area contributed by atoms with Crippen LogP contribution in [0.3, 0.4) is 0 Å². The van der Waals surface area contributed by atoms with Gasteiger partial charge in [0.2, 0.25) is 0 Å². The molecule has 0 unspecified atom stereocenters. The van der Waals surface area contributed by atoms with Gasteiger partial charge < -0.3 is 9.47 Å². The number of rotatable bonds is 0. The zero-order chi connectivity index (χ0) is 15.8. The summed E-state index contributed by atoms with van der Waals surface area (Å²) in [6.07, 6.45) is -0.727. The molecule has 0 aromatic carbocycles. The third-order valence-electron chi connectivity index (χ3n) is 4.86. The Balaban J connectivity index is 2.26. The van der Waals surface area contributed by atoms with Crippen LogP contribution in [0.1, 0.15) is 34.6 Å². The number of ether oxygens (including phenoxy) is 2. The monoisotopic (exact) mass is 358 g/mol. The predicted octanol–water partition coefficient (Wildman–Crippen LogP) is 2.83. The number of hydrogen-bond donors (Lipinski definition) is 0. The first-order valence-corrected chi connectivity index (χ1v) is 7.73. The number of carbonyl (C=O) groups excluding carboxylic acids is 2. The molecule has 21 heavy (non-hydrogen) atoms. The summed E-state index contributed by atoms with van der Waals surface area (Å²) in [5.41, 5.74) is -1.37. The molecule has 1 atom stereocenters. The maximum absolute atomic E-state index is 12.2. The van der Waals surface area contributed by atoms with Crippen LogP contribution in [0.2, 0.25) is 0 Å². The molecule has 0 spiro atoms. The van der Waals surface area contributed by atoms with Crippen molar-refractivity contribution in [3.05, 3.63) is 10.2 Å². The molecule has 0 aromatic heterocycles. The molecule has 0 saturated carbocycles. The molecule has 3 aliphatic heterocycles. The Morgan fingerprint density at radius 1 is 1.00 bits per heavy atom. The second kappa shape index (κ2) is 3.94. The third-order valence-corrected chi connectivity index (χ3v) is 6.01. The smallest absolute Gasteiger partial charge is 0.415 e. The average molecular weight is 359 g/mol. The van der Waals surface area contributed by atoms with E-state index in [0.717, 1.165) is 10.2 Å². The second-order valence-electron chi connectivity index (χ2n) is 6.79. The lowest BCUT2D eigenvalue weighted by Crippen LogP contribution is -2.54. The highest BCUT2D eigenvalue weighted by atomic mass is 79.9. The van der Waals surface area contributed by atoms with Crippen molar-refractivity contribution < 1.29 is 19.1 Å². The van der Waals surface area contributed by atoms with Crippen LogP contribution in [0.5, 0.6) is 0 Å². The number of fused-ring (bicyclic) bond motifs is 2. The van der Waals surface area contributed by atoms with Gasteiger partial charge in [-0.1, -0.05) is 15.9 Å². The average Bonchev–Trinajstić information content (AvgIpc) is 2.58. The van der Waals surface area contributed by atoms with Gasteiger partial charge in [-0.05, 0) is 34.6 Å². The summed E-state index contributed by atoms with van der Waals surface area (Å²) in [6, 6.07) is 0. The number of amides is 2. The van der Waals surface area contributed by atoms with Crippen molar-refractivity contribution in [3.8, 4) is 0 Å². The zero-order valence-corrected chi connectivity index (χ0v) is 14.4. The molecule has 6 nitrogen and oxygen atoms in total. The first-order chi connectivity index (χ1) is 9.52. The standard InChI is InChI=1S/C14H19BrN2O4/c1-12(2)9-8(15)14(5)13(3,4)21-11(19)17(14)7-6-16(9)10(18)20-12/h6-7H2,1-5H3/t14-/m0/s1. The van der Waals surface area contributed by atoms with Crippen molar-refractivity contribution in [1.82, 2.24) is 9.80 Å². The highest BCUT2D eigenvalue weighted by molar-refractivity contribution is 9.11. The van der Waals surface area contributed by atoms with E-state index in [9.17, 15) is 9.59 Å². The van der Waals surface area contributed by atoms with E-state index in [2.05, 4.69) is 15.9 Å². The van der Waals surface area contributed by atoms with Crippen molar-refractivity contribution in [3.63, 3.8) is 0 Å². The molecule has 0 aromatic rings. The van der Waals surface area contributed by atoms with Crippen molar-refractivity contribution >= 4 is 28.1 Å². The number of hydrogen-bond acceptors (Lipinski definition) is 4. The molecule has 7 heteroatoms. The Kier molecular flexibility index (Phi) is 2.75. The van der Waals surface area contributed by atoms with E-state index in [1.807, 2.05) is 34.6 Å². The van der Waals surface area contributed by atoms with E-state index >= 15 is 0 Å². The summed E-state index contributed by atoms with van der Waals surface area (Å²) in [5.74, 6) is 0. The minimum absolute atomic E-state index is 0.354. The van der Waals surface area contributed by atoms with Crippen LogP contribution < -0.4 is 0 Å². The molecule has 3 heterocycles. The Morgan fingerprint density at radius 2 is 1.62 bits per heavy atom. The first-order valence-electron chi connectivity index (χ1n) is 6.94. The van der Waals surface area contributed by atoms with Crippen LogP contribution in [0.25, 0.3) is 0 Å². The molecule has 0 bridgehead atoms. The Hall–Kier alpha value is -1.24. The summed E-state index contributed by atoms with van der Waals surface area (Å²) in [7, 11) is 0. The molecule has 2 saturated heterocycles. The fourth-order valence-corrected chi connectivity index (χ4v) is 4.72. The van der Waals surface area contributed by atoms with Crippen LogP contribution in [-0.2, 0) is 9.47 Å². The third kappa shape index (κ3) is 1.64. The molecule has 2 fully saturated rings. The van der Waals surface area contributed by atoms with Gasteiger partial charge in [0.25, 0.3) is 0 Å². The minimum atomic E-state index is -0.739. The van der Waals surface area contributed by atoms with Gasteiger partial charge in [0, 0.05) is 17.6 Å². The zero-order valence-electron chi connectivity index (χ0n) is 12.8. The largest absolute Gasteiger partial charge is 0.440 e. The number of nitrogens with zero attached hydrogens (tertiary/aromatic N) is 2. The van der Waals surface area contributed by atoms with Crippen LogP contribution in [-0.4, -0.2) is 51.8 Å². The Bertz CT molecular complexity index is 584.